The number of halogens is 1. The van der Waals surface area contributed by atoms with E-state index >= 15 is 0 Å². The minimum absolute atomic E-state index is 0. The van der Waals surface area contributed by atoms with Crippen molar-refractivity contribution in [3.63, 3.8) is 0 Å². The molecule has 0 saturated heterocycles. The number of sulfonamides is 1. The molecule has 0 aliphatic rings. The number of hydrogen-bond donors (Lipinski definition) is 2. The predicted molar refractivity (Wildman–Crippen MR) is 78.9 cm³/mol. The van der Waals surface area contributed by atoms with Gasteiger partial charge in [-0.15, -0.1) is 12.4 Å². The van der Waals surface area contributed by atoms with E-state index in [2.05, 4.69) is 9.71 Å². The molecule has 0 saturated carbocycles. The van der Waals surface area contributed by atoms with Crippen LogP contribution in [-0.2, 0) is 10.0 Å². The van der Waals surface area contributed by atoms with Crippen LogP contribution in [0.3, 0.4) is 0 Å². The molecular formula is C12H19ClN4O2S. The smallest absolute Gasteiger partial charge is 0.244 e. The van der Waals surface area contributed by atoms with E-state index in [1.807, 2.05) is 13.8 Å². The van der Waals surface area contributed by atoms with Crippen molar-refractivity contribution in [2.24, 2.45) is 5.73 Å². The fourth-order valence-corrected chi connectivity index (χ4v) is 3.42. The van der Waals surface area contributed by atoms with Gasteiger partial charge in [0.1, 0.15) is 11.0 Å². The summed E-state index contributed by atoms with van der Waals surface area (Å²) in [5.74, 6) is 0. The second-order valence-electron chi connectivity index (χ2n) is 4.26. The summed E-state index contributed by atoms with van der Waals surface area (Å²) in [7, 11) is -3.81. The topological polar surface area (TPSA) is 109 Å². The number of nitrogens with two attached hydrogens (primary N) is 1. The Labute approximate surface area is 125 Å². The Kier molecular flexibility index (Phi) is 7.09. The van der Waals surface area contributed by atoms with Crippen LogP contribution in [0.15, 0.2) is 23.2 Å². The monoisotopic (exact) mass is 318 g/mol. The molecule has 3 N–H and O–H groups in total. The van der Waals surface area contributed by atoms with Crippen LogP contribution in [-0.4, -0.2) is 25.5 Å². The molecule has 0 aliphatic carbocycles. The molecule has 6 nitrogen and oxygen atoms in total. The zero-order chi connectivity index (χ0) is 14.5. The summed E-state index contributed by atoms with van der Waals surface area (Å²) in [4.78, 5) is 3.65. The molecule has 8 heteroatoms. The average Bonchev–Trinajstić information content (AvgIpc) is 2.45. The predicted octanol–water partition coefficient (Wildman–Crippen LogP) is 1.17. The normalized spacial score (nSPS) is 11.5. The molecule has 1 rings (SSSR count). The summed E-state index contributed by atoms with van der Waals surface area (Å²) in [6, 6.07) is 4.63. The maximum atomic E-state index is 12.3. The molecule has 0 spiro atoms. The second kappa shape index (κ2) is 7.55. The Balaban J connectivity index is 0.00000361. The number of pyridine rings is 1. The van der Waals surface area contributed by atoms with Gasteiger partial charge in [-0.25, -0.2) is 18.1 Å². The van der Waals surface area contributed by atoms with Gasteiger partial charge in [0.2, 0.25) is 10.0 Å². The van der Waals surface area contributed by atoms with E-state index in [-0.39, 0.29) is 29.5 Å². The maximum absolute atomic E-state index is 12.3. The van der Waals surface area contributed by atoms with E-state index in [1.54, 1.807) is 6.07 Å². The van der Waals surface area contributed by atoms with Gasteiger partial charge in [-0.05, 0) is 25.0 Å². The first kappa shape index (κ1) is 18.8. The zero-order valence-corrected chi connectivity index (χ0v) is 13.1. The number of rotatable bonds is 6. The summed E-state index contributed by atoms with van der Waals surface area (Å²) in [5.41, 5.74) is 4.87. The van der Waals surface area contributed by atoms with Crippen LogP contribution in [0.4, 0.5) is 0 Å². The summed E-state index contributed by atoms with van der Waals surface area (Å²) < 4.78 is 27.3. The molecule has 0 fully saturated rings. The molecule has 0 radical (unpaired) electrons. The van der Waals surface area contributed by atoms with Gasteiger partial charge in [0.15, 0.2) is 5.69 Å². The Hall–Kier alpha value is -1.20. The zero-order valence-electron chi connectivity index (χ0n) is 11.5. The van der Waals surface area contributed by atoms with E-state index in [9.17, 15) is 8.42 Å². The third-order valence-corrected chi connectivity index (χ3v) is 4.87. The van der Waals surface area contributed by atoms with Crippen molar-refractivity contribution >= 4 is 22.4 Å². The molecular weight excluding hydrogens is 300 g/mol. The number of hydrogen-bond acceptors (Lipinski definition) is 5. The molecule has 0 aliphatic heterocycles. The number of nitriles is 1. The van der Waals surface area contributed by atoms with Crippen molar-refractivity contribution < 1.29 is 8.42 Å². The minimum Gasteiger partial charge on any atom is -0.329 e. The van der Waals surface area contributed by atoms with Crippen molar-refractivity contribution in [2.75, 3.05) is 6.54 Å². The Morgan fingerprint density at radius 3 is 2.50 bits per heavy atom. The van der Waals surface area contributed by atoms with Crippen LogP contribution in [0.5, 0.6) is 0 Å². The third-order valence-electron chi connectivity index (χ3n) is 3.26. The highest BCUT2D eigenvalue weighted by Gasteiger charge is 2.32. The van der Waals surface area contributed by atoms with Crippen LogP contribution < -0.4 is 10.5 Å². The lowest BCUT2D eigenvalue weighted by Gasteiger charge is -2.31. The fourth-order valence-electron chi connectivity index (χ4n) is 1.76. The lowest BCUT2D eigenvalue weighted by molar-refractivity contribution is 0.363. The Bertz CT molecular complexity index is 571. The van der Waals surface area contributed by atoms with Gasteiger partial charge < -0.3 is 5.73 Å². The standard InChI is InChI=1S/C12H18N4O2S.ClH/c1-3-12(4-2,9-14)16-19(17,18)11-6-5-7-15-10(11)8-13;/h5-7,16H,3-4,9,14H2,1-2H3;1H. The van der Waals surface area contributed by atoms with E-state index in [4.69, 9.17) is 11.0 Å². The Morgan fingerprint density at radius 2 is 2.05 bits per heavy atom. The molecule has 0 bridgehead atoms. The number of nitrogens with one attached hydrogen (secondary N) is 1. The molecule has 1 aromatic rings. The van der Waals surface area contributed by atoms with E-state index in [0.717, 1.165) is 0 Å². The molecule has 0 amide bonds. The van der Waals surface area contributed by atoms with Crippen molar-refractivity contribution in [1.29, 1.82) is 5.26 Å². The van der Waals surface area contributed by atoms with E-state index in [1.165, 1.54) is 18.3 Å². The van der Waals surface area contributed by atoms with Gasteiger partial charge in [-0.2, -0.15) is 5.26 Å². The van der Waals surface area contributed by atoms with Crippen molar-refractivity contribution in [1.82, 2.24) is 9.71 Å². The summed E-state index contributed by atoms with van der Waals surface area (Å²) >= 11 is 0. The molecule has 1 aromatic heterocycles. The van der Waals surface area contributed by atoms with Crippen molar-refractivity contribution in [3.05, 3.63) is 24.0 Å². The van der Waals surface area contributed by atoms with Crippen LogP contribution >= 0.6 is 12.4 Å². The summed E-state index contributed by atoms with van der Waals surface area (Å²) in [6.45, 7) is 3.93. The van der Waals surface area contributed by atoms with E-state index in [0.29, 0.717) is 12.8 Å². The fraction of sp³-hybridized carbons (Fsp3) is 0.500. The first-order valence-corrected chi connectivity index (χ1v) is 7.52. The average molecular weight is 319 g/mol. The van der Waals surface area contributed by atoms with Gasteiger partial charge >= 0.3 is 0 Å². The first-order chi connectivity index (χ1) is 8.94. The van der Waals surface area contributed by atoms with Crippen LogP contribution in [0.25, 0.3) is 0 Å². The maximum Gasteiger partial charge on any atom is 0.244 e. The highest BCUT2D eigenvalue weighted by molar-refractivity contribution is 7.89. The molecule has 0 aromatic carbocycles. The summed E-state index contributed by atoms with van der Waals surface area (Å²) in [5, 5.41) is 8.92. The molecule has 0 unspecified atom stereocenters. The molecule has 112 valence electrons. The minimum atomic E-state index is -3.81. The lowest BCUT2D eigenvalue weighted by atomic mass is 9.95. The highest BCUT2D eigenvalue weighted by Crippen LogP contribution is 2.19. The van der Waals surface area contributed by atoms with Gasteiger partial charge in [0.25, 0.3) is 0 Å². The highest BCUT2D eigenvalue weighted by atomic mass is 35.5. The summed E-state index contributed by atoms with van der Waals surface area (Å²) in [6.07, 6.45) is 2.52. The van der Waals surface area contributed by atoms with Crippen LogP contribution in [0, 0.1) is 11.3 Å². The molecule has 0 atom stereocenters. The van der Waals surface area contributed by atoms with E-state index < -0.39 is 15.6 Å². The largest absolute Gasteiger partial charge is 0.329 e. The van der Waals surface area contributed by atoms with Gasteiger partial charge in [-0.3, -0.25) is 0 Å². The van der Waals surface area contributed by atoms with Gasteiger partial charge in [0, 0.05) is 18.3 Å². The van der Waals surface area contributed by atoms with Gasteiger partial charge in [0.05, 0.1) is 0 Å². The van der Waals surface area contributed by atoms with Crippen molar-refractivity contribution in [2.45, 2.75) is 37.1 Å². The lowest BCUT2D eigenvalue weighted by Crippen LogP contribution is -2.52. The Morgan fingerprint density at radius 1 is 1.45 bits per heavy atom. The quantitative estimate of drug-likeness (QED) is 0.818. The number of aromatic nitrogens is 1. The molecule has 20 heavy (non-hydrogen) atoms. The van der Waals surface area contributed by atoms with Crippen LogP contribution in [0.2, 0.25) is 0 Å². The molecule has 1 heterocycles. The van der Waals surface area contributed by atoms with Gasteiger partial charge in [-0.1, -0.05) is 13.8 Å². The van der Waals surface area contributed by atoms with Crippen LogP contribution in [0.1, 0.15) is 32.4 Å². The first-order valence-electron chi connectivity index (χ1n) is 6.04. The second-order valence-corrected chi connectivity index (χ2v) is 5.91. The van der Waals surface area contributed by atoms with Crippen molar-refractivity contribution in [3.8, 4) is 6.07 Å². The number of nitrogens with zero attached hydrogens (tertiary/aromatic N) is 2. The SMILES string of the molecule is CCC(CC)(CN)NS(=O)(=O)c1cccnc1C#N.Cl. The third kappa shape index (κ3) is 3.90.